The topological polar surface area (TPSA) is 31.4 Å². The van der Waals surface area contributed by atoms with Crippen LogP contribution in [0.15, 0.2) is 23.6 Å². The Morgan fingerprint density at radius 1 is 1.19 bits per heavy atom. The summed E-state index contributed by atoms with van der Waals surface area (Å²) in [6.07, 6.45) is 0. The number of halogens is 1. The molecule has 82 valence electrons. The number of fused-ring (bicyclic) bond motifs is 1. The molecule has 2 aromatic rings. The van der Waals surface area contributed by atoms with Gasteiger partial charge in [0.05, 0.1) is 0 Å². The second-order valence-corrected chi connectivity index (χ2v) is 4.58. The van der Waals surface area contributed by atoms with Gasteiger partial charge in [-0.15, -0.1) is 11.3 Å². The van der Waals surface area contributed by atoms with Crippen LogP contribution < -0.4 is 9.47 Å². The SMILES string of the molecule is Clc1csc(-c2ccc3c(c2)OCCO3)n1. The maximum atomic E-state index is 5.80. The minimum absolute atomic E-state index is 0.523. The average molecular weight is 254 g/mol. The van der Waals surface area contributed by atoms with Crippen molar-refractivity contribution in [2.24, 2.45) is 0 Å². The van der Waals surface area contributed by atoms with Crippen LogP contribution in [0.5, 0.6) is 11.5 Å². The van der Waals surface area contributed by atoms with E-state index in [4.69, 9.17) is 21.1 Å². The first-order chi connectivity index (χ1) is 7.83. The van der Waals surface area contributed by atoms with Gasteiger partial charge in [-0.2, -0.15) is 0 Å². The summed E-state index contributed by atoms with van der Waals surface area (Å²) in [5.41, 5.74) is 1.00. The van der Waals surface area contributed by atoms with Crippen LogP contribution in [-0.2, 0) is 0 Å². The smallest absolute Gasteiger partial charge is 0.162 e. The van der Waals surface area contributed by atoms with Crippen molar-refractivity contribution in [3.05, 3.63) is 28.7 Å². The third-order valence-electron chi connectivity index (χ3n) is 2.27. The Morgan fingerprint density at radius 3 is 2.75 bits per heavy atom. The van der Waals surface area contributed by atoms with Crippen molar-refractivity contribution in [2.45, 2.75) is 0 Å². The minimum Gasteiger partial charge on any atom is -0.486 e. The van der Waals surface area contributed by atoms with Gasteiger partial charge in [0.15, 0.2) is 11.5 Å². The lowest BCUT2D eigenvalue weighted by molar-refractivity contribution is 0.171. The molecule has 0 fully saturated rings. The van der Waals surface area contributed by atoms with E-state index in [0.29, 0.717) is 18.4 Å². The molecule has 2 heterocycles. The molecule has 0 aliphatic carbocycles. The standard InChI is InChI=1S/C11H8ClNO2S/c12-10-6-16-11(13-10)7-1-2-8-9(5-7)15-4-3-14-8/h1-2,5-6H,3-4H2. The molecule has 0 atom stereocenters. The lowest BCUT2D eigenvalue weighted by atomic mass is 10.2. The monoisotopic (exact) mass is 253 g/mol. The number of aromatic nitrogens is 1. The molecule has 0 saturated carbocycles. The molecule has 1 aromatic heterocycles. The van der Waals surface area contributed by atoms with Gasteiger partial charge in [0.25, 0.3) is 0 Å². The summed E-state index contributed by atoms with van der Waals surface area (Å²) in [5.74, 6) is 1.56. The number of rotatable bonds is 1. The van der Waals surface area contributed by atoms with E-state index in [1.807, 2.05) is 23.6 Å². The van der Waals surface area contributed by atoms with Crippen LogP contribution >= 0.6 is 22.9 Å². The van der Waals surface area contributed by atoms with Gasteiger partial charge in [0.2, 0.25) is 0 Å². The molecule has 1 aliphatic rings. The van der Waals surface area contributed by atoms with E-state index in [9.17, 15) is 0 Å². The predicted octanol–water partition coefficient (Wildman–Crippen LogP) is 3.23. The highest BCUT2D eigenvalue weighted by atomic mass is 35.5. The zero-order valence-electron chi connectivity index (χ0n) is 8.27. The van der Waals surface area contributed by atoms with Gasteiger partial charge in [-0.25, -0.2) is 4.98 Å². The van der Waals surface area contributed by atoms with E-state index in [1.54, 1.807) is 0 Å². The summed E-state index contributed by atoms with van der Waals surface area (Å²) in [4.78, 5) is 4.22. The van der Waals surface area contributed by atoms with Gasteiger partial charge in [-0.1, -0.05) is 11.6 Å². The van der Waals surface area contributed by atoms with Gasteiger partial charge < -0.3 is 9.47 Å². The molecule has 0 radical (unpaired) electrons. The average Bonchev–Trinajstić information content (AvgIpc) is 2.75. The molecular weight excluding hydrogens is 246 g/mol. The van der Waals surface area contributed by atoms with Crippen LogP contribution in [0.1, 0.15) is 0 Å². The van der Waals surface area contributed by atoms with E-state index in [-0.39, 0.29) is 0 Å². The number of benzene rings is 1. The Bertz CT molecular complexity index is 526. The summed E-state index contributed by atoms with van der Waals surface area (Å²) < 4.78 is 11.0. The molecule has 16 heavy (non-hydrogen) atoms. The molecule has 1 aliphatic heterocycles. The van der Waals surface area contributed by atoms with Crippen molar-refractivity contribution in [2.75, 3.05) is 13.2 Å². The van der Waals surface area contributed by atoms with Gasteiger partial charge in [-0.05, 0) is 18.2 Å². The number of thiazole rings is 1. The minimum atomic E-state index is 0.523. The second kappa shape index (κ2) is 3.96. The molecule has 0 saturated heterocycles. The fourth-order valence-electron chi connectivity index (χ4n) is 1.56. The predicted molar refractivity (Wildman–Crippen MR) is 63.6 cm³/mol. The Hall–Kier alpha value is -1.26. The summed E-state index contributed by atoms with van der Waals surface area (Å²) in [5, 5.41) is 3.23. The Labute approximate surface area is 102 Å². The first kappa shape index (κ1) is 9.93. The zero-order valence-corrected chi connectivity index (χ0v) is 9.85. The van der Waals surface area contributed by atoms with Crippen LogP contribution in [0.25, 0.3) is 10.6 Å². The van der Waals surface area contributed by atoms with Crippen LogP contribution in [0.2, 0.25) is 5.15 Å². The molecule has 0 spiro atoms. The molecule has 0 bridgehead atoms. The Balaban J connectivity index is 2.02. The van der Waals surface area contributed by atoms with Gasteiger partial charge in [-0.3, -0.25) is 0 Å². The number of hydrogen-bond donors (Lipinski definition) is 0. The lowest BCUT2D eigenvalue weighted by Gasteiger charge is -2.18. The third-order valence-corrected chi connectivity index (χ3v) is 3.48. The fourth-order valence-corrected chi connectivity index (χ4v) is 2.51. The largest absolute Gasteiger partial charge is 0.486 e. The van der Waals surface area contributed by atoms with Crippen molar-refractivity contribution in [1.82, 2.24) is 4.98 Å². The fraction of sp³-hybridized carbons (Fsp3) is 0.182. The summed E-state index contributed by atoms with van der Waals surface area (Å²) >= 11 is 7.31. The zero-order chi connectivity index (χ0) is 11.0. The number of nitrogens with zero attached hydrogens (tertiary/aromatic N) is 1. The summed E-state index contributed by atoms with van der Waals surface area (Å²) in [6.45, 7) is 1.20. The van der Waals surface area contributed by atoms with Crippen LogP contribution in [0.3, 0.4) is 0 Å². The highest BCUT2D eigenvalue weighted by Crippen LogP contribution is 2.35. The molecule has 0 unspecified atom stereocenters. The Kier molecular flexibility index (Phi) is 2.46. The quantitative estimate of drug-likeness (QED) is 0.782. The first-order valence-corrected chi connectivity index (χ1v) is 6.10. The van der Waals surface area contributed by atoms with Crippen molar-refractivity contribution in [3.8, 4) is 22.1 Å². The molecule has 1 aromatic carbocycles. The maximum Gasteiger partial charge on any atom is 0.162 e. The van der Waals surface area contributed by atoms with Crippen molar-refractivity contribution in [1.29, 1.82) is 0 Å². The van der Waals surface area contributed by atoms with Crippen molar-refractivity contribution >= 4 is 22.9 Å². The van der Waals surface area contributed by atoms with Crippen molar-refractivity contribution < 1.29 is 9.47 Å². The van der Waals surface area contributed by atoms with E-state index in [2.05, 4.69) is 4.98 Å². The highest BCUT2D eigenvalue weighted by Gasteiger charge is 2.13. The highest BCUT2D eigenvalue weighted by molar-refractivity contribution is 7.13. The number of hydrogen-bond acceptors (Lipinski definition) is 4. The molecule has 0 N–H and O–H groups in total. The van der Waals surface area contributed by atoms with Gasteiger partial charge in [0.1, 0.15) is 23.4 Å². The van der Waals surface area contributed by atoms with E-state index < -0.39 is 0 Å². The van der Waals surface area contributed by atoms with E-state index >= 15 is 0 Å². The first-order valence-electron chi connectivity index (χ1n) is 4.84. The second-order valence-electron chi connectivity index (χ2n) is 3.33. The van der Waals surface area contributed by atoms with E-state index in [1.165, 1.54) is 11.3 Å². The number of ether oxygens (including phenoxy) is 2. The molecule has 5 heteroatoms. The van der Waals surface area contributed by atoms with Gasteiger partial charge in [0, 0.05) is 10.9 Å². The Morgan fingerprint density at radius 2 is 2.00 bits per heavy atom. The van der Waals surface area contributed by atoms with Crippen LogP contribution in [0, 0.1) is 0 Å². The summed E-state index contributed by atoms with van der Waals surface area (Å²) in [6, 6.07) is 5.80. The molecule has 3 rings (SSSR count). The lowest BCUT2D eigenvalue weighted by Crippen LogP contribution is -2.15. The van der Waals surface area contributed by atoms with E-state index in [0.717, 1.165) is 22.1 Å². The van der Waals surface area contributed by atoms with Crippen molar-refractivity contribution in [3.63, 3.8) is 0 Å². The molecule has 0 amide bonds. The maximum absolute atomic E-state index is 5.80. The van der Waals surface area contributed by atoms with Crippen LogP contribution in [-0.4, -0.2) is 18.2 Å². The molecule has 3 nitrogen and oxygen atoms in total. The van der Waals surface area contributed by atoms with Gasteiger partial charge >= 0.3 is 0 Å². The summed E-state index contributed by atoms with van der Waals surface area (Å²) in [7, 11) is 0. The van der Waals surface area contributed by atoms with Crippen LogP contribution in [0.4, 0.5) is 0 Å². The third kappa shape index (κ3) is 1.74. The molecular formula is C11H8ClNO2S. The normalized spacial score (nSPS) is 13.8.